The number of benzene rings is 2. The average Bonchev–Trinajstić information content (AvgIpc) is 2.48. The summed E-state index contributed by atoms with van der Waals surface area (Å²) in [5.41, 5.74) is 1.66. The fraction of sp³-hybridized carbons (Fsp3) is 0.176. The molecule has 0 saturated heterocycles. The summed E-state index contributed by atoms with van der Waals surface area (Å²) in [7, 11) is 0.163. The van der Waals surface area contributed by atoms with Crippen molar-refractivity contribution in [2.75, 3.05) is 5.75 Å². The molecule has 22 heavy (non-hydrogen) atoms. The monoisotopic (exact) mass is 350 g/mol. The van der Waals surface area contributed by atoms with Crippen LogP contribution in [0.3, 0.4) is 0 Å². The Morgan fingerprint density at radius 3 is 2.36 bits per heavy atom. The second-order valence-corrected chi connectivity index (χ2v) is 9.30. The first-order valence-corrected chi connectivity index (χ1v) is 11.0. The molecule has 0 bridgehead atoms. The van der Waals surface area contributed by atoms with E-state index in [2.05, 4.69) is 6.58 Å². The van der Waals surface area contributed by atoms with Gasteiger partial charge in [0.1, 0.15) is 0 Å². The lowest BCUT2D eigenvalue weighted by molar-refractivity contribution is 0.594. The molecule has 2 aromatic carbocycles. The van der Waals surface area contributed by atoms with Gasteiger partial charge in [0, 0.05) is 10.6 Å². The molecule has 0 saturated carbocycles. The first-order valence-electron chi connectivity index (χ1n) is 6.83. The zero-order valence-corrected chi connectivity index (χ0v) is 14.6. The molecule has 0 unspecified atom stereocenters. The van der Waals surface area contributed by atoms with Crippen LogP contribution in [0.5, 0.6) is 0 Å². The molecule has 0 aliphatic rings. The second-order valence-electron chi connectivity index (χ2n) is 4.82. The van der Waals surface area contributed by atoms with Gasteiger partial charge in [0.25, 0.3) is 0 Å². The van der Waals surface area contributed by atoms with E-state index in [0.717, 1.165) is 21.8 Å². The van der Waals surface area contributed by atoms with Gasteiger partial charge in [0.05, 0.1) is 11.5 Å². The topological polar surface area (TPSA) is 34.1 Å². The maximum Gasteiger partial charge on any atom is 0.158 e. The molecule has 0 fully saturated rings. The Bertz CT molecular complexity index is 710. The predicted molar refractivity (Wildman–Crippen MR) is 97.7 cm³/mol. The van der Waals surface area contributed by atoms with Gasteiger partial charge in [0.2, 0.25) is 0 Å². The molecule has 0 N–H and O–H groups in total. The molecule has 0 spiro atoms. The maximum atomic E-state index is 12.3. The Balaban J connectivity index is 2.02. The van der Waals surface area contributed by atoms with Crippen molar-refractivity contribution >= 4 is 31.4 Å². The van der Waals surface area contributed by atoms with E-state index >= 15 is 0 Å². The summed E-state index contributed by atoms with van der Waals surface area (Å²) < 4.78 is 24.6. The van der Waals surface area contributed by atoms with E-state index in [4.69, 9.17) is 0 Å². The molecule has 0 radical (unpaired) electrons. The Morgan fingerprint density at radius 1 is 0.955 bits per heavy atom. The molecular formula is C17H18O2S3. The van der Waals surface area contributed by atoms with Crippen LogP contribution in [0.1, 0.15) is 11.1 Å². The van der Waals surface area contributed by atoms with Crippen molar-refractivity contribution in [3.05, 3.63) is 78.4 Å². The van der Waals surface area contributed by atoms with Gasteiger partial charge in [-0.1, -0.05) is 70.1 Å². The molecule has 0 aliphatic carbocycles. The van der Waals surface area contributed by atoms with Crippen molar-refractivity contribution in [3.8, 4) is 0 Å². The van der Waals surface area contributed by atoms with Crippen LogP contribution in [-0.2, 0) is 21.3 Å². The molecule has 0 aliphatic heterocycles. The second kappa shape index (κ2) is 8.46. The van der Waals surface area contributed by atoms with Gasteiger partial charge in [-0.3, -0.25) is 0 Å². The number of rotatable bonds is 8. The van der Waals surface area contributed by atoms with Crippen LogP contribution in [0.15, 0.2) is 72.1 Å². The summed E-state index contributed by atoms with van der Waals surface area (Å²) in [6, 6.07) is 17.0. The van der Waals surface area contributed by atoms with Crippen LogP contribution in [-0.4, -0.2) is 14.2 Å². The fourth-order valence-electron chi connectivity index (χ4n) is 1.97. The van der Waals surface area contributed by atoms with E-state index in [1.165, 1.54) is 0 Å². The first-order chi connectivity index (χ1) is 10.6. The molecular weight excluding hydrogens is 332 g/mol. The van der Waals surface area contributed by atoms with E-state index in [1.54, 1.807) is 21.6 Å². The van der Waals surface area contributed by atoms with Gasteiger partial charge in [-0.2, -0.15) is 0 Å². The van der Waals surface area contributed by atoms with Gasteiger partial charge in [-0.15, -0.1) is 6.58 Å². The van der Waals surface area contributed by atoms with Gasteiger partial charge < -0.3 is 0 Å². The Morgan fingerprint density at radius 2 is 1.64 bits per heavy atom. The van der Waals surface area contributed by atoms with Crippen LogP contribution in [0, 0.1) is 0 Å². The summed E-state index contributed by atoms with van der Waals surface area (Å²) in [5.74, 6) is 1.01. The summed E-state index contributed by atoms with van der Waals surface area (Å²) in [6.45, 7) is 3.68. The summed E-state index contributed by atoms with van der Waals surface area (Å²) in [4.78, 5) is 1.07. The molecule has 2 aromatic rings. The number of hydrogen-bond acceptors (Lipinski definition) is 4. The maximum absolute atomic E-state index is 12.3. The highest BCUT2D eigenvalue weighted by Gasteiger charge is 2.13. The molecule has 0 heterocycles. The lowest BCUT2D eigenvalue weighted by Gasteiger charge is -2.06. The minimum absolute atomic E-state index is 0.0718. The zero-order chi connectivity index (χ0) is 15.8. The lowest BCUT2D eigenvalue weighted by Crippen LogP contribution is -2.07. The minimum Gasteiger partial charge on any atom is -0.228 e. The standard InChI is InChI=1S/C17H18O2S3/c1-2-11-20-21-17-10-6-9-16(12-17)14-22(18,19)13-15-7-4-3-5-8-15/h2-10,12H,1,11,13-14H2. The van der Waals surface area contributed by atoms with Crippen molar-refractivity contribution in [3.63, 3.8) is 0 Å². The quantitative estimate of drug-likeness (QED) is 0.392. The highest BCUT2D eigenvalue weighted by Crippen LogP contribution is 2.31. The Kier molecular flexibility index (Phi) is 6.61. The smallest absolute Gasteiger partial charge is 0.158 e. The normalized spacial score (nSPS) is 11.3. The van der Waals surface area contributed by atoms with Crippen LogP contribution in [0.2, 0.25) is 0 Å². The van der Waals surface area contributed by atoms with Crippen molar-refractivity contribution in [1.29, 1.82) is 0 Å². The molecule has 2 nitrogen and oxygen atoms in total. The molecule has 2 rings (SSSR count). The van der Waals surface area contributed by atoms with Crippen LogP contribution >= 0.6 is 21.6 Å². The molecule has 116 valence electrons. The summed E-state index contributed by atoms with van der Waals surface area (Å²) in [5, 5.41) is 0. The third-order valence-corrected chi connectivity index (χ3v) is 6.68. The van der Waals surface area contributed by atoms with Crippen molar-refractivity contribution in [2.45, 2.75) is 16.4 Å². The minimum atomic E-state index is -3.16. The van der Waals surface area contributed by atoms with Gasteiger partial charge in [-0.05, 0) is 23.3 Å². The van der Waals surface area contributed by atoms with E-state index in [1.807, 2.05) is 60.7 Å². The largest absolute Gasteiger partial charge is 0.228 e. The van der Waals surface area contributed by atoms with Crippen LogP contribution in [0.4, 0.5) is 0 Å². The van der Waals surface area contributed by atoms with Gasteiger partial charge in [0.15, 0.2) is 9.84 Å². The Labute approximate surface area is 140 Å². The van der Waals surface area contributed by atoms with E-state index in [0.29, 0.717) is 0 Å². The highest BCUT2D eigenvalue weighted by molar-refractivity contribution is 8.76. The molecule has 0 amide bonds. The fourth-order valence-corrected chi connectivity index (χ4v) is 5.31. The van der Waals surface area contributed by atoms with E-state index < -0.39 is 9.84 Å². The third kappa shape index (κ3) is 5.91. The number of hydrogen-bond donors (Lipinski definition) is 0. The van der Waals surface area contributed by atoms with Crippen LogP contribution < -0.4 is 0 Å². The zero-order valence-electron chi connectivity index (χ0n) is 12.1. The average molecular weight is 351 g/mol. The SMILES string of the molecule is C=CCSSc1cccc(CS(=O)(=O)Cc2ccccc2)c1. The van der Waals surface area contributed by atoms with E-state index in [9.17, 15) is 8.42 Å². The van der Waals surface area contributed by atoms with Crippen LogP contribution in [0.25, 0.3) is 0 Å². The van der Waals surface area contributed by atoms with Crippen molar-refractivity contribution in [2.24, 2.45) is 0 Å². The Hall–Kier alpha value is -1.17. The molecule has 0 aromatic heterocycles. The lowest BCUT2D eigenvalue weighted by atomic mass is 10.2. The van der Waals surface area contributed by atoms with Gasteiger partial charge >= 0.3 is 0 Å². The number of sulfone groups is 1. The van der Waals surface area contributed by atoms with Gasteiger partial charge in [-0.25, -0.2) is 8.42 Å². The third-order valence-electron chi connectivity index (χ3n) is 2.86. The van der Waals surface area contributed by atoms with Crippen molar-refractivity contribution in [1.82, 2.24) is 0 Å². The highest BCUT2D eigenvalue weighted by atomic mass is 33.1. The first kappa shape index (κ1) is 17.2. The summed E-state index contributed by atoms with van der Waals surface area (Å²) >= 11 is 0. The van der Waals surface area contributed by atoms with E-state index in [-0.39, 0.29) is 11.5 Å². The summed E-state index contributed by atoms with van der Waals surface area (Å²) in [6.07, 6.45) is 1.85. The van der Waals surface area contributed by atoms with Crippen molar-refractivity contribution < 1.29 is 8.42 Å². The molecule has 0 atom stereocenters. The molecule has 5 heteroatoms. The predicted octanol–water partition coefficient (Wildman–Crippen LogP) is 4.73.